The Labute approximate surface area is 335 Å². The number of amides is 3. The highest BCUT2D eigenvalue weighted by Crippen LogP contribution is 2.34. The number of ether oxygens (including phenoxy) is 6. The minimum atomic E-state index is -2.68. The van der Waals surface area contributed by atoms with Crippen LogP contribution in [-0.4, -0.2) is 171 Å². The van der Waals surface area contributed by atoms with E-state index in [-0.39, 0.29) is 30.9 Å². The summed E-state index contributed by atoms with van der Waals surface area (Å²) >= 11 is 0. The summed E-state index contributed by atoms with van der Waals surface area (Å²) in [6.45, 7) is 2.38. The van der Waals surface area contributed by atoms with Crippen molar-refractivity contribution >= 4 is 23.7 Å². The minimum Gasteiger partial charge on any atom is -0.477 e. The van der Waals surface area contributed by atoms with Crippen molar-refractivity contribution < 1.29 is 81.9 Å². The van der Waals surface area contributed by atoms with E-state index in [1.165, 1.54) is 24.3 Å². The Balaban J connectivity index is 1.74. The molecule has 1 aromatic carbocycles. The Morgan fingerprint density at radius 3 is 2.02 bits per heavy atom. The molecule has 1 heterocycles. The quantitative estimate of drug-likeness (QED) is 0.0374. The van der Waals surface area contributed by atoms with Gasteiger partial charge in [-0.3, -0.25) is 14.4 Å². The Morgan fingerprint density at radius 2 is 1.43 bits per heavy atom. The van der Waals surface area contributed by atoms with E-state index in [9.17, 15) is 53.5 Å². The molecule has 19 nitrogen and oxygen atoms in total. The molecule has 1 aliphatic rings. The van der Waals surface area contributed by atoms with Crippen LogP contribution < -0.4 is 21.7 Å². The van der Waals surface area contributed by atoms with Crippen LogP contribution >= 0.6 is 0 Å². The van der Waals surface area contributed by atoms with E-state index in [0.29, 0.717) is 97.2 Å². The minimum absolute atomic E-state index is 0.158. The first-order valence-corrected chi connectivity index (χ1v) is 19.2. The number of alkyl halides is 2. The number of halogens is 2. The topological polar surface area (TPSA) is 287 Å². The van der Waals surface area contributed by atoms with Gasteiger partial charge in [-0.1, -0.05) is 37.1 Å². The lowest BCUT2D eigenvalue weighted by atomic mass is 9.88. The summed E-state index contributed by atoms with van der Waals surface area (Å²) in [5.74, 6) is -5.96. The van der Waals surface area contributed by atoms with Gasteiger partial charge < -0.3 is 75.6 Å². The highest BCUT2D eigenvalue weighted by Gasteiger charge is 2.55. The van der Waals surface area contributed by atoms with Gasteiger partial charge in [0.1, 0.15) is 18.8 Å². The summed E-state index contributed by atoms with van der Waals surface area (Å²) in [5.41, 5.74) is 5.50. The number of carbonyl (C=O) groups is 4. The second-order valence-electron chi connectivity index (χ2n) is 13.3. The van der Waals surface area contributed by atoms with Gasteiger partial charge in [0.2, 0.25) is 17.7 Å². The first-order chi connectivity index (χ1) is 27.8. The zero-order chi connectivity index (χ0) is 42.8. The first-order valence-electron chi connectivity index (χ1n) is 19.2. The van der Waals surface area contributed by atoms with Crippen molar-refractivity contribution in [2.75, 3.05) is 85.7 Å². The van der Waals surface area contributed by atoms with Crippen LogP contribution in [0.25, 0.3) is 0 Å². The number of hydrogen-bond acceptors (Lipinski definition) is 15. The molecule has 0 aromatic heterocycles. The summed E-state index contributed by atoms with van der Waals surface area (Å²) in [6, 6.07) is 3.50. The fraction of sp³-hybridized carbons (Fsp3) is 0.730. The lowest BCUT2D eigenvalue weighted by molar-refractivity contribution is -0.310. The number of carboxylic acid groups (broad SMARTS) is 1. The smallest absolute Gasteiger partial charge is 0.364 e. The molecule has 1 fully saturated rings. The van der Waals surface area contributed by atoms with Crippen LogP contribution in [0.15, 0.2) is 24.3 Å². The molecule has 3 amide bonds. The molecule has 2 rings (SSSR count). The number of carbonyl (C=O) groups excluding carboxylic acids is 3. The van der Waals surface area contributed by atoms with E-state index < -0.39 is 80.0 Å². The molecule has 58 heavy (non-hydrogen) atoms. The van der Waals surface area contributed by atoms with Crippen LogP contribution in [0, 0.1) is 0 Å². The largest absolute Gasteiger partial charge is 0.477 e. The molecule has 6 atom stereocenters. The number of benzene rings is 1. The summed E-state index contributed by atoms with van der Waals surface area (Å²) in [6.07, 6.45) is -8.67. The van der Waals surface area contributed by atoms with Crippen molar-refractivity contribution in [2.24, 2.45) is 5.73 Å². The SMILES string of the molecule is NCCOCCOCCOCCOCCNC(=O)CCCCCCO[C@]1(C(=O)O)C[C@H](O)[C@@H](NC(=O)CO)[C@H]([C@H](O)[C@H](O)CNC(=O)Cc2ccc(C(F)F)cc2)O1. The standard InChI is InChI=1S/C37H60F2N4O15/c38-35(39)26-8-6-25(7-9-26)21-30(48)42-23-28(46)33(50)34-32(43-31(49)24-44)27(45)22-37(58-34,36(51)52)57-12-4-2-1-3-5-29(47)41-11-14-54-16-18-56-20-19-55-17-15-53-13-10-40/h6-9,27-28,32-35,44-46,50H,1-5,10-24,40H2,(H,41,47)(H,42,48)(H,43,49)(H,51,52)/t27-,28+,32+,33+,34+,37+/m0/s1. The number of aliphatic carboxylic acids is 1. The number of nitrogens with two attached hydrogens (primary N) is 1. The van der Waals surface area contributed by atoms with Crippen LogP contribution in [0.5, 0.6) is 0 Å². The molecule has 1 saturated heterocycles. The van der Waals surface area contributed by atoms with Crippen LogP contribution in [0.3, 0.4) is 0 Å². The maximum Gasteiger partial charge on any atom is 0.364 e. The molecule has 0 unspecified atom stereocenters. The van der Waals surface area contributed by atoms with Gasteiger partial charge in [-0.25, -0.2) is 13.6 Å². The van der Waals surface area contributed by atoms with Gasteiger partial charge >= 0.3 is 5.97 Å². The molecular formula is C37H60F2N4O15. The normalized spacial score (nSPS) is 20.4. The zero-order valence-electron chi connectivity index (χ0n) is 32.6. The van der Waals surface area contributed by atoms with Gasteiger partial charge in [-0.05, 0) is 18.4 Å². The average molecular weight is 839 g/mol. The highest BCUT2D eigenvalue weighted by molar-refractivity contribution is 5.79. The van der Waals surface area contributed by atoms with E-state index >= 15 is 0 Å². The van der Waals surface area contributed by atoms with E-state index in [2.05, 4.69) is 16.0 Å². The molecule has 0 saturated carbocycles. The van der Waals surface area contributed by atoms with Crippen molar-refractivity contribution in [1.82, 2.24) is 16.0 Å². The van der Waals surface area contributed by atoms with Crippen molar-refractivity contribution in [2.45, 2.75) is 87.6 Å². The Kier molecular flexibility index (Phi) is 25.2. The predicted octanol–water partition coefficient (Wildman–Crippen LogP) is -1.48. The van der Waals surface area contributed by atoms with Gasteiger partial charge in [0.15, 0.2) is 0 Å². The van der Waals surface area contributed by atoms with Crippen LogP contribution in [-0.2, 0) is 54.0 Å². The number of unbranched alkanes of at least 4 members (excludes halogenated alkanes) is 3. The third-order valence-corrected chi connectivity index (χ3v) is 8.79. The number of rotatable bonds is 32. The number of aliphatic hydroxyl groups is 4. The van der Waals surface area contributed by atoms with E-state index in [0.717, 1.165) is 0 Å². The highest BCUT2D eigenvalue weighted by atomic mass is 19.3. The van der Waals surface area contributed by atoms with E-state index in [4.69, 9.17) is 34.2 Å². The maximum atomic E-state index is 12.8. The number of hydrogen-bond donors (Lipinski definition) is 9. The molecule has 10 N–H and O–H groups in total. The Bertz CT molecular complexity index is 1340. The third kappa shape index (κ3) is 19.5. The molecule has 0 bridgehead atoms. The summed E-state index contributed by atoms with van der Waals surface area (Å²) in [5, 5.41) is 59.5. The predicted molar refractivity (Wildman–Crippen MR) is 199 cm³/mol. The lowest BCUT2D eigenvalue weighted by Crippen LogP contribution is -2.68. The van der Waals surface area contributed by atoms with Gasteiger partial charge in [0.05, 0.1) is 84.1 Å². The van der Waals surface area contributed by atoms with Crippen molar-refractivity contribution in [3.8, 4) is 0 Å². The van der Waals surface area contributed by atoms with Crippen molar-refractivity contribution in [3.63, 3.8) is 0 Å². The first kappa shape index (κ1) is 50.7. The average Bonchev–Trinajstić information content (AvgIpc) is 3.20. The summed E-state index contributed by atoms with van der Waals surface area (Å²) < 4.78 is 58.3. The molecule has 0 radical (unpaired) electrons. The lowest BCUT2D eigenvalue weighted by Gasteiger charge is -2.46. The Morgan fingerprint density at radius 1 is 0.828 bits per heavy atom. The molecule has 1 aromatic rings. The second-order valence-corrected chi connectivity index (χ2v) is 13.3. The third-order valence-electron chi connectivity index (χ3n) is 8.79. The molecule has 1 aliphatic heterocycles. The van der Waals surface area contributed by atoms with E-state index in [1.807, 2.05) is 0 Å². The fourth-order valence-corrected chi connectivity index (χ4v) is 5.71. The Hall–Kier alpha value is -3.48. The molecule has 21 heteroatoms. The summed E-state index contributed by atoms with van der Waals surface area (Å²) in [4.78, 5) is 49.1. The van der Waals surface area contributed by atoms with Gasteiger partial charge in [-0.15, -0.1) is 0 Å². The number of carboxylic acids is 1. The van der Waals surface area contributed by atoms with Crippen LogP contribution in [0.2, 0.25) is 0 Å². The molecule has 332 valence electrons. The number of aliphatic hydroxyl groups excluding tert-OH is 4. The second kappa shape index (κ2) is 28.9. The molecule has 0 spiro atoms. The van der Waals surface area contributed by atoms with Crippen LogP contribution in [0.4, 0.5) is 8.78 Å². The van der Waals surface area contributed by atoms with Crippen molar-refractivity contribution in [1.29, 1.82) is 0 Å². The number of nitrogens with one attached hydrogen (secondary N) is 3. The fourth-order valence-electron chi connectivity index (χ4n) is 5.71. The van der Waals surface area contributed by atoms with Gasteiger partial charge in [0.25, 0.3) is 12.2 Å². The molecular weight excluding hydrogens is 778 g/mol. The van der Waals surface area contributed by atoms with Gasteiger partial charge in [-0.2, -0.15) is 0 Å². The maximum absolute atomic E-state index is 12.8. The monoisotopic (exact) mass is 838 g/mol. The van der Waals surface area contributed by atoms with Crippen molar-refractivity contribution in [3.05, 3.63) is 35.4 Å². The summed E-state index contributed by atoms with van der Waals surface area (Å²) in [7, 11) is 0. The van der Waals surface area contributed by atoms with Gasteiger partial charge in [0, 0.05) is 38.0 Å². The van der Waals surface area contributed by atoms with E-state index in [1.54, 1.807) is 0 Å². The van der Waals surface area contributed by atoms with Crippen LogP contribution in [0.1, 0.15) is 56.1 Å². The zero-order valence-corrected chi connectivity index (χ0v) is 32.6. The molecule has 0 aliphatic carbocycles.